The molecule has 0 aromatic carbocycles. The average molecular weight is 335 g/mol. The second kappa shape index (κ2) is 7.89. The van der Waals surface area contributed by atoms with E-state index in [1.165, 1.54) is 14.0 Å². The van der Waals surface area contributed by atoms with Crippen LogP contribution in [0.5, 0.6) is 0 Å². The summed E-state index contributed by atoms with van der Waals surface area (Å²) < 4.78 is 24.2. The number of hydrogen-bond donors (Lipinski definition) is 2. The minimum atomic E-state index is -3.36. The molecule has 1 aliphatic carbocycles. The van der Waals surface area contributed by atoms with E-state index in [0.29, 0.717) is 19.4 Å². The Morgan fingerprint density at radius 3 is 2.27 bits per heavy atom. The fourth-order valence-corrected chi connectivity index (χ4v) is 3.23. The van der Waals surface area contributed by atoms with Crippen molar-refractivity contribution < 1.29 is 23.1 Å². The van der Waals surface area contributed by atoms with Gasteiger partial charge in [0.1, 0.15) is 0 Å². The molecule has 0 spiro atoms. The molecular formula is C13H25N3O5S. The molecule has 1 aliphatic rings. The summed E-state index contributed by atoms with van der Waals surface area (Å²) >= 11 is 0. The molecule has 1 fully saturated rings. The van der Waals surface area contributed by atoms with Crippen LogP contribution in [0.2, 0.25) is 0 Å². The van der Waals surface area contributed by atoms with Gasteiger partial charge in [-0.1, -0.05) is 6.92 Å². The van der Waals surface area contributed by atoms with Crippen molar-refractivity contribution in [1.29, 1.82) is 0 Å². The topological polar surface area (TPSA) is 107 Å². The number of nitrogens with zero attached hydrogens (tertiary/aromatic N) is 2. The summed E-state index contributed by atoms with van der Waals surface area (Å²) in [6.07, 6.45) is 1.38. The van der Waals surface area contributed by atoms with Crippen molar-refractivity contribution in [3.8, 4) is 0 Å². The maximum absolute atomic E-state index is 11.8. The van der Waals surface area contributed by atoms with Crippen molar-refractivity contribution >= 4 is 21.9 Å². The van der Waals surface area contributed by atoms with Gasteiger partial charge in [0.05, 0.1) is 18.8 Å². The lowest BCUT2D eigenvalue weighted by Gasteiger charge is -2.42. The Balaban J connectivity index is 2.36. The number of likely N-dealkylation sites (N-methyl/N-ethyl adjacent to an activating group) is 2. The van der Waals surface area contributed by atoms with Crippen LogP contribution in [0.25, 0.3) is 0 Å². The van der Waals surface area contributed by atoms with Crippen molar-refractivity contribution in [2.45, 2.75) is 38.8 Å². The van der Waals surface area contributed by atoms with Crippen LogP contribution < -0.4 is 5.32 Å². The molecule has 0 saturated heterocycles. The second-order valence-electron chi connectivity index (χ2n) is 5.50. The molecule has 0 radical (unpaired) electrons. The monoisotopic (exact) mass is 335 g/mol. The molecule has 9 heteroatoms. The van der Waals surface area contributed by atoms with Gasteiger partial charge in [0.15, 0.2) is 0 Å². The number of carboxylic acid groups (broad SMARTS) is 1. The van der Waals surface area contributed by atoms with Gasteiger partial charge in [-0.2, -0.15) is 4.31 Å². The van der Waals surface area contributed by atoms with Crippen LogP contribution in [0.1, 0.15) is 26.7 Å². The number of rotatable bonds is 9. The number of carbonyl (C=O) groups is 2. The van der Waals surface area contributed by atoms with Crippen LogP contribution in [-0.2, 0) is 19.6 Å². The van der Waals surface area contributed by atoms with E-state index in [9.17, 15) is 18.0 Å². The van der Waals surface area contributed by atoms with Crippen molar-refractivity contribution in [1.82, 2.24) is 14.5 Å². The van der Waals surface area contributed by atoms with E-state index in [1.54, 1.807) is 0 Å². The van der Waals surface area contributed by atoms with Gasteiger partial charge in [-0.3, -0.25) is 14.5 Å². The molecule has 0 aromatic heterocycles. The molecule has 0 unspecified atom stereocenters. The van der Waals surface area contributed by atoms with E-state index < -0.39 is 16.0 Å². The lowest BCUT2D eigenvalue weighted by Crippen LogP contribution is -2.56. The zero-order valence-corrected chi connectivity index (χ0v) is 14.1. The molecule has 22 heavy (non-hydrogen) atoms. The van der Waals surface area contributed by atoms with Crippen molar-refractivity contribution in [2.24, 2.45) is 0 Å². The summed E-state index contributed by atoms with van der Waals surface area (Å²) in [5.41, 5.74) is 0. The van der Waals surface area contributed by atoms with Gasteiger partial charge < -0.3 is 10.4 Å². The first-order valence-corrected chi connectivity index (χ1v) is 8.99. The first kappa shape index (κ1) is 18.9. The van der Waals surface area contributed by atoms with E-state index in [-0.39, 0.29) is 36.8 Å². The highest BCUT2D eigenvalue weighted by Crippen LogP contribution is 2.25. The summed E-state index contributed by atoms with van der Waals surface area (Å²) in [6.45, 7) is 3.89. The molecule has 0 aliphatic heterocycles. The predicted octanol–water partition coefficient (Wildman–Crippen LogP) is -0.678. The van der Waals surface area contributed by atoms with Crippen molar-refractivity contribution in [2.75, 3.05) is 32.4 Å². The summed E-state index contributed by atoms with van der Waals surface area (Å²) in [5.74, 6) is -1.23. The minimum absolute atomic E-state index is 0.000680. The smallest absolute Gasteiger partial charge is 0.317 e. The van der Waals surface area contributed by atoms with E-state index >= 15 is 0 Å². The van der Waals surface area contributed by atoms with E-state index in [2.05, 4.69) is 5.32 Å². The van der Waals surface area contributed by atoms with Crippen molar-refractivity contribution in [3.05, 3.63) is 0 Å². The number of carbonyl (C=O) groups excluding carboxylic acids is 1. The Bertz CT molecular complexity index is 502. The zero-order chi connectivity index (χ0) is 16.9. The van der Waals surface area contributed by atoms with Crippen LogP contribution in [0.15, 0.2) is 0 Å². The van der Waals surface area contributed by atoms with E-state index in [4.69, 9.17) is 5.11 Å². The van der Waals surface area contributed by atoms with Crippen molar-refractivity contribution in [3.63, 3.8) is 0 Å². The quantitative estimate of drug-likeness (QED) is 0.578. The Hall–Kier alpha value is -1.19. The third-order valence-corrected chi connectivity index (χ3v) is 5.75. The van der Waals surface area contributed by atoms with Gasteiger partial charge in [-0.15, -0.1) is 0 Å². The second-order valence-corrected chi connectivity index (χ2v) is 7.87. The van der Waals surface area contributed by atoms with Gasteiger partial charge in [-0.05, 0) is 26.3 Å². The third-order valence-electron chi connectivity index (χ3n) is 3.95. The highest BCUT2D eigenvalue weighted by atomic mass is 32.2. The number of nitrogens with one attached hydrogen (secondary N) is 1. The Labute approximate surface area is 131 Å². The van der Waals surface area contributed by atoms with Gasteiger partial charge in [-0.25, -0.2) is 8.42 Å². The predicted molar refractivity (Wildman–Crippen MR) is 81.9 cm³/mol. The molecule has 1 saturated carbocycles. The maximum atomic E-state index is 11.8. The van der Waals surface area contributed by atoms with Crippen LogP contribution in [-0.4, -0.2) is 79.1 Å². The first-order valence-electron chi connectivity index (χ1n) is 7.38. The zero-order valence-electron chi connectivity index (χ0n) is 13.3. The standard InChI is InChI=1S/C13H25N3O5S/c1-4-16(9-13(18)19)11-6-10(7-11)14-12(17)8-15(3)22(20,21)5-2/h10-11H,4-9H2,1-3H3,(H,14,17)(H,18,19). The Morgan fingerprint density at radius 2 is 1.82 bits per heavy atom. The molecule has 0 atom stereocenters. The number of carboxylic acids is 1. The van der Waals surface area contributed by atoms with Gasteiger partial charge in [0.25, 0.3) is 0 Å². The Morgan fingerprint density at radius 1 is 1.23 bits per heavy atom. The molecule has 1 rings (SSSR count). The SMILES string of the molecule is CCN(CC(=O)O)C1CC(NC(=O)CN(C)S(=O)(=O)CC)C1. The fourth-order valence-electron chi connectivity index (χ4n) is 2.47. The summed E-state index contributed by atoms with van der Waals surface area (Å²) in [5, 5.41) is 11.6. The highest BCUT2D eigenvalue weighted by Gasteiger charge is 2.34. The molecule has 1 amide bonds. The number of hydrogen-bond acceptors (Lipinski definition) is 5. The van der Waals surface area contributed by atoms with Gasteiger partial charge in [0.2, 0.25) is 15.9 Å². The Kier molecular flexibility index (Phi) is 6.76. The van der Waals surface area contributed by atoms with Crippen LogP contribution in [0, 0.1) is 0 Å². The summed E-state index contributed by atoms with van der Waals surface area (Å²) in [7, 11) is -1.98. The number of sulfonamides is 1. The first-order chi connectivity index (χ1) is 10.2. The van der Waals surface area contributed by atoms with Gasteiger partial charge in [0, 0.05) is 19.1 Å². The molecular weight excluding hydrogens is 310 g/mol. The molecule has 0 bridgehead atoms. The van der Waals surface area contributed by atoms with E-state index in [0.717, 1.165) is 4.31 Å². The molecule has 128 valence electrons. The van der Waals surface area contributed by atoms with Gasteiger partial charge >= 0.3 is 5.97 Å². The summed E-state index contributed by atoms with van der Waals surface area (Å²) in [4.78, 5) is 24.4. The van der Waals surface area contributed by atoms with Crippen LogP contribution in [0.3, 0.4) is 0 Å². The fraction of sp³-hybridized carbons (Fsp3) is 0.846. The van der Waals surface area contributed by atoms with Crippen LogP contribution >= 0.6 is 0 Å². The normalized spacial score (nSPS) is 21.7. The molecule has 0 heterocycles. The third kappa shape index (κ3) is 5.22. The lowest BCUT2D eigenvalue weighted by molar-refractivity contribution is -0.139. The minimum Gasteiger partial charge on any atom is -0.480 e. The van der Waals surface area contributed by atoms with Crippen LogP contribution in [0.4, 0.5) is 0 Å². The molecule has 2 N–H and O–H groups in total. The maximum Gasteiger partial charge on any atom is 0.317 e. The number of amides is 1. The lowest BCUT2D eigenvalue weighted by atomic mass is 9.85. The number of aliphatic carboxylic acids is 1. The highest BCUT2D eigenvalue weighted by molar-refractivity contribution is 7.89. The van der Waals surface area contributed by atoms with E-state index in [1.807, 2.05) is 11.8 Å². The summed E-state index contributed by atoms with van der Waals surface area (Å²) in [6, 6.07) is 0.140. The largest absolute Gasteiger partial charge is 0.480 e. The molecule has 0 aromatic rings. The molecule has 8 nitrogen and oxygen atoms in total. The average Bonchev–Trinajstić information content (AvgIpc) is 2.39.